The zero-order valence-corrected chi connectivity index (χ0v) is 9.12. The smallest absolute Gasteiger partial charge is 0.149 e. The van der Waals surface area contributed by atoms with Gasteiger partial charge in [-0.05, 0) is 26.8 Å². The van der Waals surface area contributed by atoms with Crippen molar-refractivity contribution in [3.63, 3.8) is 0 Å². The minimum atomic E-state index is 0.238. The fourth-order valence-corrected chi connectivity index (χ4v) is 1.28. The van der Waals surface area contributed by atoms with E-state index in [1.165, 1.54) is 5.57 Å². The number of nitrogens with one attached hydrogen (secondary N) is 1. The van der Waals surface area contributed by atoms with Gasteiger partial charge in [0.1, 0.15) is 12.2 Å². The van der Waals surface area contributed by atoms with Crippen LogP contribution >= 0.6 is 0 Å². The van der Waals surface area contributed by atoms with Crippen LogP contribution in [0, 0.1) is 0 Å². The summed E-state index contributed by atoms with van der Waals surface area (Å²) in [6.45, 7) is 8.92. The van der Waals surface area contributed by atoms with Crippen LogP contribution in [0.4, 0.5) is 0 Å². The SMILES string of the molecule is C=C(C)CCNC(C)c1nncn1C. The first-order chi connectivity index (χ1) is 6.61. The largest absolute Gasteiger partial charge is 0.319 e. The molecule has 78 valence electrons. The van der Waals surface area contributed by atoms with Gasteiger partial charge in [0.15, 0.2) is 0 Å². The van der Waals surface area contributed by atoms with E-state index in [4.69, 9.17) is 0 Å². The van der Waals surface area contributed by atoms with E-state index in [9.17, 15) is 0 Å². The van der Waals surface area contributed by atoms with Gasteiger partial charge in [0.05, 0.1) is 6.04 Å². The molecule has 0 spiro atoms. The quantitative estimate of drug-likeness (QED) is 0.721. The average molecular weight is 194 g/mol. The van der Waals surface area contributed by atoms with E-state index in [1.54, 1.807) is 6.33 Å². The Morgan fingerprint density at radius 2 is 2.43 bits per heavy atom. The second-order valence-corrected chi connectivity index (χ2v) is 3.68. The molecule has 0 fully saturated rings. The van der Waals surface area contributed by atoms with E-state index in [1.807, 2.05) is 18.5 Å². The Bertz CT molecular complexity index is 303. The van der Waals surface area contributed by atoms with Crippen LogP contribution in [0.15, 0.2) is 18.5 Å². The summed E-state index contributed by atoms with van der Waals surface area (Å²) < 4.78 is 1.93. The number of hydrogen-bond acceptors (Lipinski definition) is 3. The summed E-state index contributed by atoms with van der Waals surface area (Å²) in [6, 6.07) is 0.238. The van der Waals surface area contributed by atoms with E-state index in [-0.39, 0.29) is 6.04 Å². The zero-order valence-electron chi connectivity index (χ0n) is 9.12. The maximum Gasteiger partial charge on any atom is 0.149 e. The van der Waals surface area contributed by atoms with Crippen molar-refractivity contribution in [1.29, 1.82) is 0 Å². The molecule has 1 aromatic rings. The highest BCUT2D eigenvalue weighted by Crippen LogP contribution is 2.07. The lowest BCUT2D eigenvalue weighted by Gasteiger charge is -2.12. The van der Waals surface area contributed by atoms with Gasteiger partial charge in [0.25, 0.3) is 0 Å². The molecule has 0 aliphatic carbocycles. The predicted molar refractivity (Wildman–Crippen MR) is 56.9 cm³/mol. The standard InChI is InChI=1S/C10H18N4/c1-8(2)5-6-11-9(3)10-13-12-7-14(10)4/h7,9,11H,1,5-6H2,2-4H3. The van der Waals surface area contributed by atoms with Crippen molar-refractivity contribution in [1.82, 2.24) is 20.1 Å². The van der Waals surface area contributed by atoms with Gasteiger partial charge >= 0.3 is 0 Å². The Hall–Kier alpha value is -1.16. The first-order valence-electron chi connectivity index (χ1n) is 4.83. The van der Waals surface area contributed by atoms with Crippen molar-refractivity contribution in [2.75, 3.05) is 6.54 Å². The lowest BCUT2D eigenvalue weighted by molar-refractivity contribution is 0.531. The molecule has 0 saturated carbocycles. The first-order valence-corrected chi connectivity index (χ1v) is 4.83. The molecule has 4 nitrogen and oxygen atoms in total. The average Bonchev–Trinajstić information content (AvgIpc) is 2.50. The summed E-state index contributed by atoms with van der Waals surface area (Å²) in [4.78, 5) is 0. The summed E-state index contributed by atoms with van der Waals surface area (Å²) in [5.41, 5.74) is 1.20. The van der Waals surface area contributed by atoms with Gasteiger partial charge in [-0.15, -0.1) is 16.8 Å². The fourth-order valence-electron chi connectivity index (χ4n) is 1.28. The minimum absolute atomic E-state index is 0.238. The summed E-state index contributed by atoms with van der Waals surface area (Å²) in [5, 5.41) is 11.3. The second kappa shape index (κ2) is 4.91. The molecule has 0 aromatic carbocycles. The Morgan fingerprint density at radius 3 is 2.93 bits per heavy atom. The number of hydrogen-bond donors (Lipinski definition) is 1. The number of aromatic nitrogens is 3. The highest BCUT2D eigenvalue weighted by Gasteiger charge is 2.09. The Kier molecular flexibility index (Phi) is 3.83. The normalized spacial score (nSPS) is 12.8. The van der Waals surface area contributed by atoms with E-state index < -0.39 is 0 Å². The second-order valence-electron chi connectivity index (χ2n) is 3.68. The molecule has 1 rings (SSSR count). The molecule has 0 radical (unpaired) electrons. The van der Waals surface area contributed by atoms with Gasteiger partial charge in [-0.2, -0.15) is 0 Å². The fraction of sp³-hybridized carbons (Fsp3) is 0.600. The van der Waals surface area contributed by atoms with Gasteiger partial charge in [0, 0.05) is 7.05 Å². The minimum Gasteiger partial charge on any atom is -0.319 e. The predicted octanol–water partition coefficient (Wildman–Crippen LogP) is 1.43. The topological polar surface area (TPSA) is 42.7 Å². The van der Waals surface area contributed by atoms with Crippen LogP contribution in [-0.2, 0) is 7.05 Å². The Morgan fingerprint density at radius 1 is 1.71 bits per heavy atom. The molecule has 1 aromatic heterocycles. The van der Waals surface area contributed by atoms with E-state index in [0.29, 0.717) is 0 Å². The lowest BCUT2D eigenvalue weighted by Crippen LogP contribution is -2.22. The third-order valence-corrected chi connectivity index (χ3v) is 2.14. The molecule has 14 heavy (non-hydrogen) atoms. The molecule has 1 N–H and O–H groups in total. The molecule has 0 bridgehead atoms. The van der Waals surface area contributed by atoms with Crippen molar-refractivity contribution in [2.45, 2.75) is 26.3 Å². The molecule has 1 unspecified atom stereocenters. The van der Waals surface area contributed by atoms with Crippen LogP contribution in [0.5, 0.6) is 0 Å². The monoisotopic (exact) mass is 194 g/mol. The molecule has 1 heterocycles. The number of nitrogens with zero attached hydrogens (tertiary/aromatic N) is 3. The molecule has 0 aliphatic heterocycles. The third-order valence-electron chi connectivity index (χ3n) is 2.14. The lowest BCUT2D eigenvalue weighted by atomic mass is 10.2. The summed E-state index contributed by atoms with van der Waals surface area (Å²) >= 11 is 0. The van der Waals surface area contributed by atoms with Crippen molar-refractivity contribution in [3.05, 3.63) is 24.3 Å². The maximum atomic E-state index is 4.04. The van der Waals surface area contributed by atoms with Crippen LogP contribution in [0.2, 0.25) is 0 Å². The van der Waals surface area contributed by atoms with Crippen LogP contribution in [0.1, 0.15) is 32.1 Å². The molecule has 4 heteroatoms. The molecule has 0 aliphatic rings. The molecular formula is C10H18N4. The molecule has 0 amide bonds. The third kappa shape index (κ3) is 2.96. The van der Waals surface area contributed by atoms with Crippen LogP contribution in [-0.4, -0.2) is 21.3 Å². The highest BCUT2D eigenvalue weighted by molar-refractivity contribution is 4.93. The summed E-state index contributed by atoms with van der Waals surface area (Å²) in [5.74, 6) is 0.965. The Balaban J connectivity index is 2.39. The van der Waals surface area contributed by atoms with Crippen molar-refractivity contribution in [3.8, 4) is 0 Å². The highest BCUT2D eigenvalue weighted by atomic mass is 15.3. The van der Waals surface area contributed by atoms with Crippen LogP contribution < -0.4 is 5.32 Å². The van der Waals surface area contributed by atoms with E-state index in [0.717, 1.165) is 18.8 Å². The van der Waals surface area contributed by atoms with Gasteiger partial charge in [0.2, 0.25) is 0 Å². The first kappa shape index (κ1) is 10.9. The number of aryl methyl sites for hydroxylation is 1. The zero-order chi connectivity index (χ0) is 10.6. The maximum absolute atomic E-state index is 4.04. The molecule has 1 atom stereocenters. The van der Waals surface area contributed by atoms with Crippen LogP contribution in [0.25, 0.3) is 0 Å². The van der Waals surface area contributed by atoms with E-state index >= 15 is 0 Å². The van der Waals surface area contributed by atoms with Crippen molar-refractivity contribution < 1.29 is 0 Å². The van der Waals surface area contributed by atoms with Crippen molar-refractivity contribution >= 4 is 0 Å². The van der Waals surface area contributed by atoms with Gasteiger partial charge in [-0.25, -0.2) is 0 Å². The van der Waals surface area contributed by atoms with E-state index in [2.05, 4.69) is 29.0 Å². The molecule has 0 saturated heterocycles. The van der Waals surface area contributed by atoms with Gasteiger partial charge in [-0.1, -0.05) is 5.57 Å². The van der Waals surface area contributed by atoms with Crippen molar-refractivity contribution in [2.24, 2.45) is 7.05 Å². The Labute approximate surface area is 85.0 Å². The summed E-state index contributed by atoms with van der Waals surface area (Å²) in [6.07, 6.45) is 2.72. The van der Waals surface area contributed by atoms with Gasteiger partial charge in [-0.3, -0.25) is 0 Å². The number of rotatable bonds is 5. The van der Waals surface area contributed by atoms with Gasteiger partial charge < -0.3 is 9.88 Å². The van der Waals surface area contributed by atoms with Crippen LogP contribution in [0.3, 0.4) is 0 Å². The summed E-state index contributed by atoms with van der Waals surface area (Å²) in [7, 11) is 1.95. The molecular weight excluding hydrogens is 176 g/mol.